The summed E-state index contributed by atoms with van der Waals surface area (Å²) in [5.74, 6) is -1.96. The average Bonchev–Trinajstić information content (AvgIpc) is 2.36. The van der Waals surface area contributed by atoms with Crippen LogP contribution in [0.4, 0.5) is 0 Å². The molecule has 0 aliphatic heterocycles. The van der Waals surface area contributed by atoms with Crippen LogP contribution in [0.3, 0.4) is 0 Å². The van der Waals surface area contributed by atoms with Crippen molar-refractivity contribution < 1.29 is 19.4 Å². The van der Waals surface area contributed by atoms with E-state index in [1.54, 1.807) is 20.8 Å². The number of carboxylic acid groups (broad SMARTS) is 1. The van der Waals surface area contributed by atoms with Crippen molar-refractivity contribution in [2.24, 2.45) is 0 Å². The summed E-state index contributed by atoms with van der Waals surface area (Å²) in [6, 6.07) is 3.78. The Morgan fingerprint density at radius 3 is 2.23 bits per heavy atom. The fraction of sp³-hybridized carbons (Fsp3) is 0.556. The molecule has 0 heterocycles. The Morgan fingerprint density at radius 2 is 1.73 bits per heavy atom. The maximum atomic E-state index is 11.8. The van der Waals surface area contributed by atoms with Crippen molar-refractivity contribution >= 4 is 11.9 Å². The largest absolute Gasteiger partial charge is 0.481 e. The lowest BCUT2D eigenvalue weighted by Crippen LogP contribution is -2.24. The molecule has 22 heavy (non-hydrogen) atoms. The van der Waals surface area contributed by atoms with Crippen LogP contribution in [0, 0.1) is 20.8 Å². The Morgan fingerprint density at radius 1 is 1.14 bits per heavy atom. The summed E-state index contributed by atoms with van der Waals surface area (Å²) in [4.78, 5) is 23.4. The minimum atomic E-state index is -0.907. The molecule has 0 radical (unpaired) electrons. The lowest BCUT2D eigenvalue weighted by Gasteiger charge is -2.21. The Labute approximate surface area is 132 Å². The molecule has 0 bridgehead atoms. The fourth-order valence-electron chi connectivity index (χ4n) is 2.42. The van der Waals surface area contributed by atoms with Gasteiger partial charge in [-0.2, -0.15) is 0 Å². The van der Waals surface area contributed by atoms with E-state index in [1.807, 2.05) is 32.9 Å². The molecule has 1 unspecified atom stereocenters. The molecule has 4 heteroatoms. The van der Waals surface area contributed by atoms with E-state index in [0.29, 0.717) is 0 Å². The van der Waals surface area contributed by atoms with Gasteiger partial charge in [0.05, 0.1) is 5.92 Å². The van der Waals surface area contributed by atoms with E-state index in [0.717, 1.165) is 22.3 Å². The molecule has 0 aromatic heterocycles. The first-order valence-electron chi connectivity index (χ1n) is 7.54. The number of rotatable bonds is 5. The first kappa shape index (κ1) is 18.2. The van der Waals surface area contributed by atoms with Gasteiger partial charge < -0.3 is 9.84 Å². The Balaban J connectivity index is 2.90. The van der Waals surface area contributed by atoms with Crippen LogP contribution in [0.5, 0.6) is 0 Å². The fourth-order valence-corrected chi connectivity index (χ4v) is 2.42. The molecular formula is C18H26O4. The maximum absolute atomic E-state index is 11.8. The van der Waals surface area contributed by atoms with Crippen molar-refractivity contribution in [2.75, 3.05) is 0 Å². The Bertz CT molecular complexity index is 567. The van der Waals surface area contributed by atoms with Gasteiger partial charge in [0.1, 0.15) is 5.60 Å². The van der Waals surface area contributed by atoms with Gasteiger partial charge in [-0.15, -0.1) is 0 Å². The number of carbonyl (C=O) groups excluding carboxylic acids is 1. The number of hydrogen-bond donors (Lipinski definition) is 1. The number of aliphatic carboxylic acids is 1. The molecule has 0 aliphatic carbocycles. The third-order valence-electron chi connectivity index (χ3n) is 3.83. The number of aryl methyl sites for hydroxylation is 1. The highest BCUT2D eigenvalue weighted by Gasteiger charge is 2.25. The maximum Gasteiger partial charge on any atom is 0.310 e. The number of benzene rings is 1. The van der Waals surface area contributed by atoms with Crippen LogP contribution >= 0.6 is 0 Å². The molecule has 0 saturated carbocycles. The van der Waals surface area contributed by atoms with Crippen LogP contribution in [0.2, 0.25) is 0 Å². The van der Waals surface area contributed by atoms with E-state index in [4.69, 9.17) is 4.74 Å². The third kappa shape index (κ3) is 4.86. The lowest BCUT2D eigenvalue weighted by atomic mass is 9.87. The molecule has 0 fully saturated rings. The topological polar surface area (TPSA) is 63.6 Å². The predicted octanol–water partition coefficient (Wildman–Crippen LogP) is 3.90. The van der Waals surface area contributed by atoms with Gasteiger partial charge in [-0.1, -0.05) is 12.1 Å². The zero-order valence-corrected chi connectivity index (χ0v) is 14.3. The van der Waals surface area contributed by atoms with Gasteiger partial charge in [0.2, 0.25) is 0 Å². The van der Waals surface area contributed by atoms with Crippen LogP contribution in [0.25, 0.3) is 0 Å². The van der Waals surface area contributed by atoms with Crippen LogP contribution in [0.1, 0.15) is 61.8 Å². The normalized spacial score (nSPS) is 12.8. The van der Waals surface area contributed by atoms with Crippen molar-refractivity contribution in [2.45, 2.75) is 65.9 Å². The zero-order valence-electron chi connectivity index (χ0n) is 14.3. The summed E-state index contributed by atoms with van der Waals surface area (Å²) in [5.41, 5.74) is 3.45. The molecule has 1 atom stereocenters. The third-order valence-corrected chi connectivity index (χ3v) is 3.83. The van der Waals surface area contributed by atoms with Crippen LogP contribution in [-0.4, -0.2) is 22.6 Å². The second kappa shape index (κ2) is 6.95. The van der Waals surface area contributed by atoms with E-state index in [-0.39, 0.29) is 18.8 Å². The molecule has 1 aromatic rings. The van der Waals surface area contributed by atoms with E-state index in [9.17, 15) is 14.7 Å². The number of esters is 1. The number of ether oxygens (including phenoxy) is 1. The van der Waals surface area contributed by atoms with E-state index in [1.165, 1.54) is 0 Å². The zero-order chi connectivity index (χ0) is 17.1. The molecule has 1 N–H and O–H groups in total. The second-order valence-corrected chi connectivity index (χ2v) is 6.74. The van der Waals surface area contributed by atoms with Gasteiger partial charge in [-0.25, -0.2) is 0 Å². The van der Waals surface area contributed by atoms with Crippen molar-refractivity contribution in [1.29, 1.82) is 0 Å². The molecule has 0 saturated heterocycles. The minimum absolute atomic E-state index is 0.0978. The highest BCUT2D eigenvalue weighted by Crippen LogP contribution is 2.28. The van der Waals surface area contributed by atoms with Crippen LogP contribution in [-0.2, 0) is 14.3 Å². The van der Waals surface area contributed by atoms with Crippen LogP contribution in [0.15, 0.2) is 12.1 Å². The highest BCUT2D eigenvalue weighted by atomic mass is 16.6. The Hall–Kier alpha value is -1.84. The summed E-state index contributed by atoms with van der Waals surface area (Å²) in [6.07, 6.45) is 0.341. The summed E-state index contributed by atoms with van der Waals surface area (Å²) >= 11 is 0. The quantitative estimate of drug-likeness (QED) is 0.838. The molecule has 0 aliphatic rings. The number of carbonyl (C=O) groups is 2. The smallest absolute Gasteiger partial charge is 0.310 e. The second-order valence-electron chi connectivity index (χ2n) is 6.74. The van der Waals surface area contributed by atoms with Gasteiger partial charge in [-0.3, -0.25) is 9.59 Å². The standard InChI is InChI=1S/C18H26O4/c1-11-7-8-14(13(3)12(11)2)15(17(20)21)9-10-16(19)22-18(4,5)6/h7-8,15H,9-10H2,1-6H3,(H,20,21). The summed E-state index contributed by atoms with van der Waals surface area (Å²) in [6.45, 7) is 11.3. The van der Waals surface area contributed by atoms with Gasteiger partial charge in [0.25, 0.3) is 0 Å². The van der Waals surface area contributed by atoms with Gasteiger partial charge in [0, 0.05) is 6.42 Å². The van der Waals surface area contributed by atoms with Gasteiger partial charge in [0.15, 0.2) is 0 Å². The first-order chi connectivity index (χ1) is 10.0. The van der Waals surface area contributed by atoms with Gasteiger partial charge in [-0.05, 0) is 70.2 Å². The lowest BCUT2D eigenvalue weighted by molar-refractivity contribution is -0.155. The van der Waals surface area contributed by atoms with E-state index in [2.05, 4.69) is 0 Å². The number of hydrogen-bond acceptors (Lipinski definition) is 3. The molecule has 0 spiro atoms. The van der Waals surface area contributed by atoms with Crippen molar-refractivity contribution in [3.8, 4) is 0 Å². The van der Waals surface area contributed by atoms with Crippen molar-refractivity contribution in [3.63, 3.8) is 0 Å². The Kier molecular flexibility index (Phi) is 5.75. The molecule has 1 rings (SSSR count). The van der Waals surface area contributed by atoms with Crippen molar-refractivity contribution in [1.82, 2.24) is 0 Å². The first-order valence-corrected chi connectivity index (χ1v) is 7.54. The number of carboxylic acids is 1. The average molecular weight is 306 g/mol. The molecule has 0 amide bonds. The van der Waals surface area contributed by atoms with Crippen LogP contribution < -0.4 is 0 Å². The SMILES string of the molecule is Cc1ccc(C(CCC(=O)OC(C)(C)C)C(=O)O)c(C)c1C. The van der Waals surface area contributed by atoms with Crippen molar-refractivity contribution in [3.05, 3.63) is 34.4 Å². The molecule has 122 valence electrons. The minimum Gasteiger partial charge on any atom is -0.481 e. The summed E-state index contributed by atoms with van der Waals surface area (Å²) in [5, 5.41) is 9.50. The molecular weight excluding hydrogens is 280 g/mol. The predicted molar refractivity (Wildman–Crippen MR) is 86.1 cm³/mol. The summed E-state index contributed by atoms with van der Waals surface area (Å²) in [7, 11) is 0. The van der Waals surface area contributed by atoms with Gasteiger partial charge >= 0.3 is 11.9 Å². The highest BCUT2D eigenvalue weighted by molar-refractivity contribution is 5.78. The van der Waals surface area contributed by atoms with E-state index < -0.39 is 17.5 Å². The summed E-state index contributed by atoms with van der Waals surface area (Å²) < 4.78 is 5.24. The molecule has 4 nitrogen and oxygen atoms in total. The molecule has 1 aromatic carbocycles. The monoisotopic (exact) mass is 306 g/mol. The van der Waals surface area contributed by atoms with E-state index >= 15 is 0 Å².